The van der Waals surface area contributed by atoms with Crippen molar-refractivity contribution >= 4 is 37.2 Å². The summed E-state index contributed by atoms with van der Waals surface area (Å²) in [5, 5.41) is 34.6. The highest BCUT2D eigenvalue weighted by Gasteiger charge is 2.22. The molecule has 2 rings (SSSR count). The molecule has 4 N–H and O–H groups in total. The zero-order chi connectivity index (χ0) is 24.2. The molecule has 0 saturated heterocycles. The van der Waals surface area contributed by atoms with Crippen LogP contribution in [0.3, 0.4) is 0 Å². The highest BCUT2D eigenvalue weighted by molar-refractivity contribution is 7.81. The monoisotopic (exact) mass is 468 g/mol. The Labute approximate surface area is 194 Å². The highest BCUT2D eigenvalue weighted by atomic mass is 32.1. The van der Waals surface area contributed by atoms with E-state index in [4.69, 9.17) is 10.2 Å². The van der Waals surface area contributed by atoms with Gasteiger partial charge < -0.3 is 20.4 Å². The predicted molar refractivity (Wildman–Crippen MR) is 130 cm³/mol. The van der Waals surface area contributed by atoms with Crippen molar-refractivity contribution in [2.45, 2.75) is 56.5 Å². The first kappa shape index (κ1) is 28.7. The lowest BCUT2D eigenvalue weighted by Gasteiger charge is -2.26. The number of phenolic OH excluding ortho intramolecular Hbond substituents is 2. The van der Waals surface area contributed by atoms with Crippen molar-refractivity contribution in [3.63, 3.8) is 0 Å². The van der Waals surface area contributed by atoms with Crippen LogP contribution in [-0.4, -0.2) is 42.9 Å². The molecule has 0 aliphatic rings. The molecule has 2 unspecified atom stereocenters. The summed E-state index contributed by atoms with van der Waals surface area (Å²) in [6, 6.07) is 14.4. The number of aliphatic carboxylic acids is 2. The lowest BCUT2D eigenvalue weighted by Crippen LogP contribution is -2.18. The van der Waals surface area contributed by atoms with Crippen molar-refractivity contribution < 1.29 is 30.0 Å². The molecule has 31 heavy (non-hydrogen) atoms. The van der Waals surface area contributed by atoms with Crippen LogP contribution in [-0.2, 0) is 15.0 Å². The van der Waals surface area contributed by atoms with Gasteiger partial charge >= 0.3 is 11.9 Å². The van der Waals surface area contributed by atoms with E-state index in [-0.39, 0.29) is 40.3 Å². The van der Waals surface area contributed by atoms with Gasteiger partial charge in [0.25, 0.3) is 0 Å². The number of benzene rings is 2. The largest absolute Gasteiger partial charge is 0.508 e. The second-order valence-corrected chi connectivity index (χ2v) is 9.38. The normalized spacial score (nSPS) is 12.3. The van der Waals surface area contributed by atoms with Crippen LogP contribution >= 0.6 is 25.3 Å². The minimum absolute atomic E-state index is 0.0301. The summed E-state index contributed by atoms with van der Waals surface area (Å²) >= 11 is 7.71. The fourth-order valence-corrected chi connectivity index (χ4v) is 2.74. The predicted octanol–water partition coefficient (Wildman–Crippen LogP) is 4.98. The molecule has 0 aliphatic heterocycles. The maximum atomic E-state index is 9.76. The summed E-state index contributed by atoms with van der Waals surface area (Å²) in [6.45, 7) is 7.73. The molecule has 0 amide bonds. The molecule has 0 heterocycles. The molecule has 0 spiro atoms. The van der Waals surface area contributed by atoms with Crippen LogP contribution in [0, 0.1) is 0 Å². The summed E-state index contributed by atoms with van der Waals surface area (Å²) in [4.78, 5) is 19.5. The van der Waals surface area contributed by atoms with Crippen molar-refractivity contribution in [3.05, 3.63) is 59.7 Å². The summed E-state index contributed by atoms with van der Waals surface area (Å²) in [6.07, 6.45) is 0.284. The lowest BCUT2D eigenvalue weighted by molar-refractivity contribution is -0.137. The van der Waals surface area contributed by atoms with Gasteiger partial charge in [0.2, 0.25) is 0 Å². The maximum Gasteiger partial charge on any atom is 0.304 e. The first-order chi connectivity index (χ1) is 14.2. The molecule has 0 aliphatic carbocycles. The maximum absolute atomic E-state index is 9.76. The van der Waals surface area contributed by atoms with Crippen LogP contribution in [0.15, 0.2) is 48.5 Å². The van der Waals surface area contributed by atoms with E-state index in [0.717, 1.165) is 11.1 Å². The first-order valence-electron chi connectivity index (χ1n) is 9.64. The minimum atomic E-state index is -0.789. The molecule has 2 aromatic carbocycles. The summed E-state index contributed by atoms with van der Waals surface area (Å²) in [5.74, 6) is -1.03. The van der Waals surface area contributed by atoms with Gasteiger partial charge in [-0.1, -0.05) is 52.0 Å². The van der Waals surface area contributed by atoms with Crippen molar-refractivity contribution in [1.82, 2.24) is 0 Å². The smallest absolute Gasteiger partial charge is 0.304 e. The average Bonchev–Trinajstić information content (AvgIpc) is 2.61. The van der Waals surface area contributed by atoms with Gasteiger partial charge in [-0.2, -0.15) is 25.3 Å². The summed E-state index contributed by atoms with van der Waals surface area (Å²) in [7, 11) is 0. The zero-order valence-corrected chi connectivity index (χ0v) is 20.0. The summed E-state index contributed by atoms with van der Waals surface area (Å²) in [5.41, 5.74) is 2.10. The Balaban J connectivity index is 0.000000536. The average molecular weight is 469 g/mol. The van der Waals surface area contributed by atoms with E-state index in [1.807, 2.05) is 24.3 Å². The van der Waals surface area contributed by atoms with Crippen molar-refractivity contribution in [2.24, 2.45) is 0 Å². The number of thiol groups is 2. The van der Waals surface area contributed by atoms with Gasteiger partial charge in [0.15, 0.2) is 0 Å². The quantitative estimate of drug-likeness (QED) is 0.333. The Kier molecular flexibility index (Phi) is 12.8. The van der Waals surface area contributed by atoms with Crippen LogP contribution in [0.4, 0.5) is 0 Å². The van der Waals surface area contributed by atoms with Gasteiger partial charge in [0.05, 0.1) is 12.8 Å². The fourth-order valence-electron chi connectivity index (χ4n) is 2.43. The van der Waals surface area contributed by atoms with Gasteiger partial charge in [-0.3, -0.25) is 9.59 Å². The standard InChI is InChI=1S/C15H16O2.2C4H8O2S/c1-15(2,11-3-7-13(16)8-4-11)12-5-9-14(17)10-6-12;2*1-3(7)2-4(5)6/h3-10,16-17H,1-2H3;2*3,7H,2H2,1H3,(H,5,6). The van der Waals surface area contributed by atoms with Crippen molar-refractivity contribution in [1.29, 1.82) is 0 Å². The van der Waals surface area contributed by atoms with Crippen LogP contribution in [0.1, 0.15) is 51.7 Å². The van der Waals surface area contributed by atoms with E-state index < -0.39 is 11.9 Å². The Morgan fingerprint density at radius 2 is 1.00 bits per heavy atom. The van der Waals surface area contributed by atoms with E-state index in [0.29, 0.717) is 0 Å². The lowest BCUT2D eigenvalue weighted by atomic mass is 9.78. The SMILES string of the molecule is CC(C)(c1ccc(O)cc1)c1ccc(O)cc1.CC(S)CC(=O)O.CC(S)CC(=O)O. The van der Waals surface area contributed by atoms with Crippen LogP contribution in [0.5, 0.6) is 11.5 Å². The van der Waals surface area contributed by atoms with Crippen molar-refractivity contribution in [2.75, 3.05) is 0 Å². The molecular weight excluding hydrogens is 436 g/mol. The fraction of sp³-hybridized carbons (Fsp3) is 0.391. The Morgan fingerprint density at radius 1 is 0.742 bits per heavy atom. The second kappa shape index (κ2) is 13.9. The third kappa shape index (κ3) is 12.9. The third-order valence-corrected chi connectivity index (χ3v) is 4.48. The number of carboxylic acids is 2. The highest BCUT2D eigenvalue weighted by Crippen LogP contribution is 2.32. The molecule has 0 saturated carbocycles. The molecule has 0 fully saturated rings. The molecule has 0 radical (unpaired) electrons. The second-order valence-electron chi connectivity index (χ2n) is 7.61. The van der Waals surface area contributed by atoms with Gasteiger partial charge in [-0.05, 0) is 35.4 Å². The molecule has 172 valence electrons. The van der Waals surface area contributed by atoms with E-state index in [9.17, 15) is 19.8 Å². The van der Waals surface area contributed by atoms with Gasteiger partial charge in [-0.15, -0.1) is 0 Å². The number of hydrogen-bond acceptors (Lipinski definition) is 6. The number of rotatable bonds is 6. The number of carbonyl (C=O) groups is 2. The minimum Gasteiger partial charge on any atom is -0.508 e. The van der Waals surface area contributed by atoms with Crippen molar-refractivity contribution in [3.8, 4) is 11.5 Å². The zero-order valence-electron chi connectivity index (χ0n) is 18.2. The molecule has 8 heteroatoms. The molecule has 6 nitrogen and oxygen atoms in total. The number of hydrogen-bond donors (Lipinski definition) is 6. The molecule has 2 atom stereocenters. The van der Waals surface area contributed by atoms with E-state index >= 15 is 0 Å². The van der Waals surface area contributed by atoms with E-state index in [2.05, 4.69) is 39.1 Å². The first-order valence-corrected chi connectivity index (χ1v) is 10.7. The van der Waals surface area contributed by atoms with Crippen LogP contribution < -0.4 is 0 Å². The van der Waals surface area contributed by atoms with E-state index in [1.165, 1.54) is 0 Å². The van der Waals surface area contributed by atoms with Crippen LogP contribution in [0.25, 0.3) is 0 Å². The molecular formula is C23H32O6S2. The molecule has 2 aromatic rings. The topological polar surface area (TPSA) is 115 Å². The van der Waals surface area contributed by atoms with Crippen LogP contribution in [0.2, 0.25) is 0 Å². The number of aromatic hydroxyl groups is 2. The third-order valence-electron chi connectivity index (χ3n) is 4.12. The van der Waals surface area contributed by atoms with Gasteiger partial charge in [0, 0.05) is 15.9 Å². The molecule has 0 bridgehead atoms. The Bertz CT molecular complexity index is 732. The number of carboxylic acid groups (broad SMARTS) is 2. The molecule has 0 aromatic heterocycles. The Hall–Kier alpha value is -2.32. The summed E-state index contributed by atoms with van der Waals surface area (Å²) < 4.78 is 0. The Morgan fingerprint density at radius 3 is 1.16 bits per heavy atom. The number of phenols is 2. The van der Waals surface area contributed by atoms with E-state index in [1.54, 1.807) is 38.1 Å². The van der Waals surface area contributed by atoms with Gasteiger partial charge in [-0.25, -0.2) is 0 Å². The van der Waals surface area contributed by atoms with Gasteiger partial charge in [0.1, 0.15) is 11.5 Å².